The fourth-order valence-electron chi connectivity index (χ4n) is 6.52. The first-order valence-electron chi connectivity index (χ1n) is 25.3. The van der Waals surface area contributed by atoms with Crippen LogP contribution < -0.4 is 31.7 Å². The van der Waals surface area contributed by atoms with Crippen LogP contribution in [0.25, 0.3) is 11.0 Å². The number of imide groups is 2. The Hall–Kier alpha value is -6.89. The fourth-order valence-corrected chi connectivity index (χ4v) is 7.24. The summed E-state index contributed by atoms with van der Waals surface area (Å²) in [5.74, 6) is -2.63. The Labute approximate surface area is 450 Å². The Balaban J connectivity index is 2.39. The van der Waals surface area contributed by atoms with E-state index in [9.17, 15) is 43.2 Å². The summed E-state index contributed by atoms with van der Waals surface area (Å²) in [6, 6.07) is 8.78. The van der Waals surface area contributed by atoms with Crippen LogP contribution in [0, 0.1) is 0 Å². The highest BCUT2D eigenvalue weighted by molar-refractivity contribution is 6.76. The molecule has 428 valence electrons. The van der Waals surface area contributed by atoms with Gasteiger partial charge >= 0.3 is 48.2 Å². The lowest BCUT2D eigenvalue weighted by atomic mass is 10.1. The number of benzene rings is 1. The Morgan fingerprint density at radius 3 is 1.61 bits per heavy atom. The van der Waals surface area contributed by atoms with Gasteiger partial charge in [0.15, 0.2) is 11.5 Å². The number of hydrogen-bond acceptors (Lipinski definition) is 19. The third-order valence-corrected chi connectivity index (χ3v) is 11.5. The minimum absolute atomic E-state index is 0.0712. The summed E-state index contributed by atoms with van der Waals surface area (Å²) in [4.78, 5) is 136. The van der Waals surface area contributed by atoms with Gasteiger partial charge in [-0.1, -0.05) is 50.0 Å². The van der Waals surface area contributed by atoms with E-state index in [1.165, 1.54) is 104 Å². The summed E-state index contributed by atoms with van der Waals surface area (Å²) in [6.07, 6.45) is -7.00. The van der Waals surface area contributed by atoms with Crippen molar-refractivity contribution in [3.05, 3.63) is 56.7 Å². The Bertz CT molecular complexity index is 2660. The molecule has 24 nitrogen and oxygen atoms in total. The first kappa shape index (κ1) is 64.4. The third-order valence-electron chi connectivity index (χ3n) is 9.75. The van der Waals surface area contributed by atoms with Gasteiger partial charge in [-0.3, -0.25) is 14.2 Å². The molecular weight excluding hydrogens is 1020 g/mol. The van der Waals surface area contributed by atoms with E-state index >= 15 is 0 Å². The van der Waals surface area contributed by atoms with E-state index in [4.69, 9.17) is 33.2 Å². The Morgan fingerprint density at radius 2 is 1.13 bits per heavy atom. The van der Waals surface area contributed by atoms with Gasteiger partial charge < -0.3 is 43.8 Å². The predicted octanol–water partition coefficient (Wildman–Crippen LogP) is 9.03. The number of nitrogens with one attached hydrogen (secondary N) is 2. The van der Waals surface area contributed by atoms with Gasteiger partial charge in [0.05, 0.1) is 6.61 Å². The number of unbranched alkanes of at least 4 members (excludes halogenated alkanes) is 1. The SMILES string of the molecule is CC(C)(C)OC(=O)N(C(=O)OC(C)(C)C)c1nc(N(C(=O)OC(C)(C)C)C(=O)OC(C)(C)C)c2c(=O)n(C(=O)OC(C)(C)C)c(=O)n(CCN[C@@H](CCCCNC(=O)OCc3ccccc3)C(=O)OCC[Si](C)(C)C)c2n1. The number of ether oxygens (including phenoxy) is 7. The molecule has 0 aliphatic rings. The molecule has 0 saturated carbocycles. The molecule has 2 heterocycles. The van der Waals surface area contributed by atoms with Crippen molar-refractivity contribution in [1.82, 2.24) is 29.7 Å². The highest BCUT2D eigenvalue weighted by Gasteiger charge is 2.41. The summed E-state index contributed by atoms with van der Waals surface area (Å²) >= 11 is 0. The number of esters is 1. The van der Waals surface area contributed by atoms with Crippen LogP contribution in [0.1, 0.15) is 129 Å². The molecule has 0 radical (unpaired) electrons. The van der Waals surface area contributed by atoms with Gasteiger partial charge in [0, 0.05) is 27.7 Å². The average molecular weight is 1100 g/mol. The average Bonchev–Trinajstić information content (AvgIpc) is 3.22. The van der Waals surface area contributed by atoms with Crippen molar-refractivity contribution in [2.24, 2.45) is 0 Å². The number of carbonyl (C=O) groups excluding carboxylic acids is 7. The fraction of sp³-hybridized carbons (Fsp3) is 0.635. The minimum atomic E-state index is -1.66. The first-order chi connectivity index (χ1) is 35.2. The lowest BCUT2D eigenvalue weighted by molar-refractivity contribution is -0.145. The molecule has 2 N–H and O–H groups in total. The molecule has 25 heteroatoms. The zero-order valence-electron chi connectivity index (χ0n) is 48.0. The molecule has 0 aliphatic heterocycles. The maximum Gasteiger partial charge on any atom is 0.427 e. The molecule has 77 heavy (non-hydrogen) atoms. The zero-order valence-corrected chi connectivity index (χ0v) is 49.0. The van der Waals surface area contributed by atoms with Crippen molar-refractivity contribution in [3.8, 4) is 0 Å². The van der Waals surface area contributed by atoms with Crippen molar-refractivity contribution in [1.29, 1.82) is 0 Å². The summed E-state index contributed by atoms with van der Waals surface area (Å²) in [5, 5.41) is 4.92. The van der Waals surface area contributed by atoms with Crippen LogP contribution in [-0.4, -0.2) is 123 Å². The van der Waals surface area contributed by atoms with Crippen molar-refractivity contribution in [3.63, 3.8) is 0 Å². The monoisotopic (exact) mass is 1100 g/mol. The van der Waals surface area contributed by atoms with Crippen LogP contribution in [0.5, 0.6) is 0 Å². The molecule has 0 unspecified atom stereocenters. The minimum Gasteiger partial charge on any atom is -0.465 e. The molecule has 0 spiro atoms. The maximum absolute atomic E-state index is 15.0. The van der Waals surface area contributed by atoms with E-state index in [0.29, 0.717) is 18.9 Å². The maximum atomic E-state index is 15.0. The van der Waals surface area contributed by atoms with Gasteiger partial charge in [-0.2, -0.15) is 19.4 Å². The van der Waals surface area contributed by atoms with E-state index in [0.717, 1.165) is 10.1 Å². The number of fused-ring (bicyclic) bond motifs is 1. The van der Waals surface area contributed by atoms with Gasteiger partial charge in [0.2, 0.25) is 5.95 Å². The summed E-state index contributed by atoms with van der Waals surface area (Å²) < 4.78 is 39.9. The van der Waals surface area contributed by atoms with Crippen LogP contribution in [0.2, 0.25) is 25.7 Å². The van der Waals surface area contributed by atoms with E-state index in [2.05, 4.69) is 40.2 Å². The third kappa shape index (κ3) is 21.6. The van der Waals surface area contributed by atoms with Crippen LogP contribution in [-0.2, 0) is 51.1 Å². The zero-order chi connectivity index (χ0) is 58.6. The van der Waals surface area contributed by atoms with E-state index < -0.39 is 125 Å². The highest BCUT2D eigenvalue weighted by atomic mass is 28.3. The second-order valence-corrected chi connectivity index (χ2v) is 29.8. The number of rotatable bonds is 17. The van der Waals surface area contributed by atoms with Gasteiger partial charge in [0.25, 0.3) is 5.56 Å². The van der Waals surface area contributed by atoms with Crippen molar-refractivity contribution in [2.75, 3.05) is 29.5 Å². The molecular formula is C52H80N8O16Si. The molecule has 2 aromatic heterocycles. The number of nitrogens with zero attached hydrogens (tertiary/aromatic N) is 6. The van der Waals surface area contributed by atoms with Crippen molar-refractivity contribution in [2.45, 2.75) is 196 Å². The molecule has 0 aliphatic carbocycles. The van der Waals surface area contributed by atoms with Gasteiger partial charge in [-0.25, -0.2) is 33.6 Å². The predicted molar refractivity (Wildman–Crippen MR) is 289 cm³/mol. The number of hydrogen-bond donors (Lipinski definition) is 2. The lowest BCUT2D eigenvalue weighted by Gasteiger charge is -2.30. The number of carbonyl (C=O) groups is 7. The van der Waals surface area contributed by atoms with Crippen molar-refractivity contribution >= 4 is 73.4 Å². The van der Waals surface area contributed by atoms with Crippen LogP contribution in [0.4, 0.5) is 40.5 Å². The van der Waals surface area contributed by atoms with Gasteiger partial charge in [-0.05, 0) is 135 Å². The molecule has 0 bridgehead atoms. The van der Waals surface area contributed by atoms with E-state index in [1.807, 2.05) is 30.3 Å². The summed E-state index contributed by atoms with van der Waals surface area (Å²) in [6.45, 7) is 28.2. The van der Waals surface area contributed by atoms with E-state index in [-0.39, 0.29) is 47.1 Å². The van der Waals surface area contributed by atoms with E-state index in [1.54, 1.807) is 0 Å². The highest BCUT2D eigenvalue weighted by Crippen LogP contribution is 2.30. The largest absolute Gasteiger partial charge is 0.465 e. The molecule has 3 rings (SSSR count). The summed E-state index contributed by atoms with van der Waals surface area (Å²) in [7, 11) is -1.66. The number of amides is 5. The quantitative estimate of drug-likeness (QED) is 0.0551. The molecule has 0 fully saturated rings. The van der Waals surface area contributed by atoms with Crippen molar-refractivity contribution < 1.29 is 66.7 Å². The van der Waals surface area contributed by atoms with Crippen LogP contribution in [0.15, 0.2) is 39.9 Å². The Kier molecular flexibility index (Phi) is 21.7. The molecule has 1 aromatic carbocycles. The summed E-state index contributed by atoms with van der Waals surface area (Å²) in [5.41, 5.74) is -9.33. The van der Waals surface area contributed by atoms with Crippen LogP contribution >= 0.6 is 0 Å². The number of anilines is 2. The first-order valence-corrected chi connectivity index (χ1v) is 29.1. The molecule has 3 aromatic rings. The molecule has 0 saturated heterocycles. The van der Waals surface area contributed by atoms with Gasteiger partial charge in [0.1, 0.15) is 46.0 Å². The number of alkyl carbamates (subject to hydrolysis) is 1. The molecule has 1 atom stereocenters. The second kappa shape index (κ2) is 26.0. The Morgan fingerprint density at radius 1 is 0.636 bits per heavy atom. The second-order valence-electron chi connectivity index (χ2n) is 24.2. The smallest absolute Gasteiger partial charge is 0.427 e. The topological polar surface area (TPSA) is 284 Å². The van der Waals surface area contributed by atoms with Crippen LogP contribution in [0.3, 0.4) is 0 Å². The standard InChI is InChI=1S/C52H80N8O16Si/c1-48(2,3)72-43(65)58(44(66)73-49(4,5)6)37-35-36(55-40(56-37)60(46(68)75-51(10,11)12)47(69)76-52(13,14)15)57(42(64)59(38(35)61)45(67)74-50(7,8)9)29-28-53-34(39(62)70-30-31-77(16,17)18)26-22-23-27-54-41(63)71-32-33-24-20-19-21-25-33/h19-21,24-25,34,53H,22-23,26-32H2,1-18H3,(H,54,63)/t34-/m0/s1. The lowest BCUT2D eigenvalue weighted by Crippen LogP contribution is -2.50. The number of aromatic nitrogens is 4. The molecule has 5 amide bonds. The normalized spacial score (nSPS) is 12.7. The van der Waals surface area contributed by atoms with Gasteiger partial charge in [-0.15, -0.1) is 4.90 Å².